The molecule has 2 aromatic heterocycles. The number of hydrogen-bond donors (Lipinski definition) is 0. The fourth-order valence-electron chi connectivity index (χ4n) is 1.79. The number of pyridine rings is 1. The van der Waals surface area contributed by atoms with Crippen molar-refractivity contribution in [2.75, 3.05) is 7.11 Å². The van der Waals surface area contributed by atoms with Gasteiger partial charge in [0.2, 0.25) is 5.88 Å². The zero-order valence-electron chi connectivity index (χ0n) is 9.93. The van der Waals surface area contributed by atoms with Gasteiger partial charge in [-0.25, -0.2) is 15.0 Å². The standard InChI is InChI=1S/C13H12ClN3O/c1-18-12-4-2-3-9(15-12)13-16-10(8-5-6-8)7-11(14)17-13/h2-4,7-8H,5-6H2,1H3. The maximum atomic E-state index is 6.04. The average Bonchev–Trinajstić information content (AvgIpc) is 3.22. The first-order chi connectivity index (χ1) is 8.76. The lowest BCUT2D eigenvalue weighted by atomic mass is 10.2. The van der Waals surface area contributed by atoms with Crippen LogP contribution in [0.15, 0.2) is 24.3 Å². The van der Waals surface area contributed by atoms with Crippen molar-refractivity contribution in [2.24, 2.45) is 0 Å². The molecule has 0 saturated heterocycles. The van der Waals surface area contributed by atoms with Crippen LogP contribution in [0.4, 0.5) is 0 Å². The molecule has 0 amide bonds. The highest BCUT2D eigenvalue weighted by Crippen LogP contribution is 2.40. The Balaban J connectivity index is 2.04. The molecule has 0 spiro atoms. The molecule has 2 heterocycles. The van der Waals surface area contributed by atoms with Crippen LogP contribution < -0.4 is 4.74 Å². The van der Waals surface area contributed by atoms with Crippen molar-refractivity contribution in [2.45, 2.75) is 18.8 Å². The van der Waals surface area contributed by atoms with E-state index in [1.807, 2.05) is 18.2 Å². The van der Waals surface area contributed by atoms with E-state index in [-0.39, 0.29) is 0 Å². The first-order valence-electron chi connectivity index (χ1n) is 5.82. The van der Waals surface area contributed by atoms with E-state index in [0.717, 1.165) is 5.69 Å². The summed E-state index contributed by atoms with van der Waals surface area (Å²) >= 11 is 6.04. The van der Waals surface area contributed by atoms with Gasteiger partial charge in [0.05, 0.1) is 7.11 Å². The lowest BCUT2D eigenvalue weighted by Gasteiger charge is -2.05. The summed E-state index contributed by atoms with van der Waals surface area (Å²) in [7, 11) is 1.58. The van der Waals surface area contributed by atoms with E-state index in [4.69, 9.17) is 16.3 Å². The maximum Gasteiger partial charge on any atom is 0.213 e. The molecular formula is C13H12ClN3O. The summed E-state index contributed by atoms with van der Waals surface area (Å²) in [5, 5.41) is 0.464. The molecule has 0 aromatic carbocycles. The molecule has 0 N–H and O–H groups in total. The van der Waals surface area contributed by atoms with Gasteiger partial charge in [-0.3, -0.25) is 0 Å². The Morgan fingerprint density at radius 1 is 1.22 bits per heavy atom. The number of methoxy groups -OCH3 is 1. The van der Waals surface area contributed by atoms with Gasteiger partial charge in [-0.1, -0.05) is 17.7 Å². The van der Waals surface area contributed by atoms with Gasteiger partial charge in [-0.05, 0) is 25.0 Å². The Labute approximate surface area is 110 Å². The summed E-state index contributed by atoms with van der Waals surface area (Å²) in [5.41, 5.74) is 1.69. The smallest absolute Gasteiger partial charge is 0.213 e. The third-order valence-electron chi connectivity index (χ3n) is 2.87. The Kier molecular flexibility index (Phi) is 2.88. The number of rotatable bonds is 3. The van der Waals surface area contributed by atoms with Crippen molar-refractivity contribution in [1.29, 1.82) is 0 Å². The largest absolute Gasteiger partial charge is 0.481 e. The molecular weight excluding hydrogens is 250 g/mol. The molecule has 92 valence electrons. The van der Waals surface area contributed by atoms with E-state index in [1.165, 1.54) is 12.8 Å². The number of hydrogen-bond acceptors (Lipinski definition) is 4. The topological polar surface area (TPSA) is 47.9 Å². The van der Waals surface area contributed by atoms with Crippen LogP contribution in [-0.2, 0) is 0 Å². The molecule has 0 radical (unpaired) electrons. The van der Waals surface area contributed by atoms with Crippen molar-refractivity contribution in [3.63, 3.8) is 0 Å². The quantitative estimate of drug-likeness (QED) is 0.797. The van der Waals surface area contributed by atoms with Gasteiger partial charge in [0, 0.05) is 17.7 Å². The predicted octanol–water partition coefficient (Wildman–Crippen LogP) is 3.08. The van der Waals surface area contributed by atoms with Crippen LogP contribution in [0.1, 0.15) is 24.5 Å². The average molecular weight is 262 g/mol. The molecule has 1 aliphatic rings. The molecule has 2 aromatic rings. The van der Waals surface area contributed by atoms with Crippen molar-refractivity contribution in [3.8, 4) is 17.4 Å². The highest BCUT2D eigenvalue weighted by Gasteiger charge is 2.26. The Morgan fingerprint density at radius 3 is 2.78 bits per heavy atom. The molecule has 0 bridgehead atoms. The third kappa shape index (κ3) is 2.29. The lowest BCUT2D eigenvalue weighted by molar-refractivity contribution is 0.398. The normalized spacial score (nSPS) is 14.6. The van der Waals surface area contributed by atoms with Crippen LogP contribution in [0.3, 0.4) is 0 Å². The Morgan fingerprint density at radius 2 is 2.06 bits per heavy atom. The Bertz CT molecular complexity index is 584. The van der Waals surface area contributed by atoms with E-state index in [9.17, 15) is 0 Å². The zero-order valence-corrected chi connectivity index (χ0v) is 10.7. The Hall–Kier alpha value is -1.68. The van der Waals surface area contributed by atoms with Crippen LogP contribution in [0.5, 0.6) is 5.88 Å². The molecule has 0 unspecified atom stereocenters. The first-order valence-corrected chi connectivity index (χ1v) is 6.20. The number of nitrogens with zero attached hydrogens (tertiary/aromatic N) is 3. The molecule has 18 heavy (non-hydrogen) atoms. The molecule has 4 nitrogen and oxygen atoms in total. The second kappa shape index (κ2) is 4.53. The van der Waals surface area contributed by atoms with Gasteiger partial charge in [-0.2, -0.15) is 0 Å². The molecule has 1 saturated carbocycles. The van der Waals surface area contributed by atoms with Crippen LogP contribution in [0.2, 0.25) is 5.15 Å². The second-order valence-corrected chi connectivity index (χ2v) is 4.67. The zero-order chi connectivity index (χ0) is 12.5. The van der Waals surface area contributed by atoms with Gasteiger partial charge in [-0.15, -0.1) is 0 Å². The van der Waals surface area contributed by atoms with E-state index < -0.39 is 0 Å². The van der Waals surface area contributed by atoms with E-state index >= 15 is 0 Å². The number of ether oxygens (including phenoxy) is 1. The summed E-state index contributed by atoms with van der Waals surface area (Å²) in [4.78, 5) is 13.1. The minimum absolute atomic E-state index is 0.464. The molecule has 3 rings (SSSR count). The third-order valence-corrected chi connectivity index (χ3v) is 3.07. The molecule has 5 heteroatoms. The van der Waals surface area contributed by atoms with Crippen molar-refractivity contribution in [3.05, 3.63) is 35.1 Å². The van der Waals surface area contributed by atoms with Crippen LogP contribution in [0.25, 0.3) is 11.5 Å². The van der Waals surface area contributed by atoms with Crippen LogP contribution in [-0.4, -0.2) is 22.1 Å². The van der Waals surface area contributed by atoms with Gasteiger partial charge in [0.15, 0.2) is 5.82 Å². The van der Waals surface area contributed by atoms with Crippen molar-refractivity contribution >= 4 is 11.6 Å². The van der Waals surface area contributed by atoms with Crippen LogP contribution in [0, 0.1) is 0 Å². The second-order valence-electron chi connectivity index (χ2n) is 4.28. The van der Waals surface area contributed by atoms with E-state index in [0.29, 0.717) is 28.5 Å². The summed E-state index contributed by atoms with van der Waals surface area (Å²) in [5.74, 6) is 1.64. The molecule has 1 aliphatic carbocycles. The van der Waals surface area contributed by atoms with Gasteiger partial charge in [0.25, 0.3) is 0 Å². The summed E-state index contributed by atoms with van der Waals surface area (Å²) in [6.07, 6.45) is 2.36. The monoisotopic (exact) mass is 261 g/mol. The SMILES string of the molecule is COc1cccc(-c2nc(Cl)cc(C3CC3)n2)n1. The lowest BCUT2D eigenvalue weighted by Crippen LogP contribution is -1.97. The van der Waals surface area contributed by atoms with Crippen molar-refractivity contribution in [1.82, 2.24) is 15.0 Å². The first kappa shape index (κ1) is 11.4. The minimum atomic E-state index is 0.464. The van der Waals surface area contributed by atoms with Gasteiger partial charge >= 0.3 is 0 Å². The van der Waals surface area contributed by atoms with Gasteiger partial charge < -0.3 is 4.74 Å². The number of halogens is 1. The summed E-state index contributed by atoms with van der Waals surface area (Å²) in [6, 6.07) is 7.34. The van der Waals surface area contributed by atoms with E-state index in [1.54, 1.807) is 13.2 Å². The minimum Gasteiger partial charge on any atom is -0.481 e. The van der Waals surface area contributed by atoms with Crippen LogP contribution >= 0.6 is 11.6 Å². The summed E-state index contributed by atoms with van der Waals surface area (Å²) < 4.78 is 5.10. The van der Waals surface area contributed by atoms with Crippen molar-refractivity contribution < 1.29 is 4.74 Å². The van der Waals surface area contributed by atoms with Gasteiger partial charge in [0.1, 0.15) is 10.8 Å². The fourth-order valence-corrected chi connectivity index (χ4v) is 1.98. The molecule has 1 fully saturated rings. The molecule has 0 atom stereocenters. The fraction of sp³-hybridized carbons (Fsp3) is 0.308. The predicted molar refractivity (Wildman–Crippen MR) is 68.8 cm³/mol. The highest BCUT2D eigenvalue weighted by molar-refractivity contribution is 6.29. The highest BCUT2D eigenvalue weighted by atomic mass is 35.5. The van der Waals surface area contributed by atoms with E-state index in [2.05, 4.69) is 15.0 Å². The maximum absolute atomic E-state index is 6.04. The molecule has 0 aliphatic heterocycles. The summed E-state index contributed by atoms with van der Waals surface area (Å²) in [6.45, 7) is 0. The number of aromatic nitrogens is 3.